The van der Waals surface area contributed by atoms with Crippen LogP contribution in [0.5, 0.6) is 0 Å². The van der Waals surface area contributed by atoms with Crippen molar-refractivity contribution in [2.45, 2.75) is 51.2 Å². The van der Waals surface area contributed by atoms with E-state index in [2.05, 4.69) is 11.9 Å². The van der Waals surface area contributed by atoms with Crippen LogP contribution in [0.1, 0.15) is 39.5 Å². The predicted octanol–water partition coefficient (Wildman–Crippen LogP) is 1.99. The number of nitrogens with zero attached hydrogens (tertiary/aromatic N) is 1. The summed E-state index contributed by atoms with van der Waals surface area (Å²) in [6.45, 7) is 4.92. The molecule has 3 nitrogen and oxygen atoms in total. The molecular weight excluding hydrogens is 178 g/mol. The van der Waals surface area contributed by atoms with Gasteiger partial charge in [0.1, 0.15) is 0 Å². The number of hydrogen-bond acceptors (Lipinski definition) is 3. The summed E-state index contributed by atoms with van der Waals surface area (Å²) in [4.78, 5) is 14.5. The largest absolute Gasteiger partial charge is 0.379 e. The molecule has 0 bridgehead atoms. The van der Waals surface area contributed by atoms with Gasteiger partial charge in [-0.25, -0.2) is 0 Å². The topological polar surface area (TPSA) is 38.7 Å². The molecule has 0 spiro atoms. The number of hydrogen-bond donors (Lipinski definition) is 0. The van der Waals surface area contributed by atoms with Crippen molar-refractivity contribution in [3.63, 3.8) is 0 Å². The van der Waals surface area contributed by atoms with Gasteiger partial charge in [-0.05, 0) is 39.5 Å². The van der Waals surface area contributed by atoms with Crippen molar-refractivity contribution >= 4 is 12.5 Å². The second-order valence-corrected chi connectivity index (χ2v) is 4.07. The fourth-order valence-electron chi connectivity index (χ4n) is 1.96. The maximum absolute atomic E-state index is 10.2. The van der Waals surface area contributed by atoms with Gasteiger partial charge < -0.3 is 4.74 Å². The Kier molecular flexibility index (Phi) is 4.26. The van der Waals surface area contributed by atoms with Crippen LogP contribution in [-0.4, -0.2) is 30.8 Å². The Morgan fingerprint density at radius 1 is 1.50 bits per heavy atom. The Morgan fingerprint density at radius 2 is 2.14 bits per heavy atom. The number of carbonyl (C=O) groups excluding carboxylic acids is 1. The maximum atomic E-state index is 10.2. The number of ether oxygens (including phenoxy) is 1. The predicted molar refractivity (Wildman–Crippen MR) is 56.8 cm³/mol. The highest BCUT2D eigenvalue weighted by molar-refractivity contribution is 6.13. The van der Waals surface area contributed by atoms with E-state index >= 15 is 0 Å². The monoisotopic (exact) mass is 197 g/mol. The number of aldehydes is 1. The zero-order valence-corrected chi connectivity index (χ0v) is 9.03. The normalized spacial score (nSPS) is 33.4. The Labute approximate surface area is 85.6 Å². The Bertz CT molecular complexity index is 205. The van der Waals surface area contributed by atoms with E-state index in [-0.39, 0.29) is 5.54 Å². The van der Waals surface area contributed by atoms with E-state index in [1.807, 2.05) is 6.92 Å². The van der Waals surface area contributed by atoms with Crippen molar-refractivity contribution in [3.05, 3.63) is 0 Å². The lowest BCUT2D eigenvalue weighted by atomic mass is 9.82. The van der Waals surface area contributed by atoms with Crippen LogP contribution in [0.2, 0.25) is 0 Å². The van der Waals surface area contributed by atoms with Gasteiger partial charge >= 0.3 is 0 Å². The highest BCUT2D eigenvalue weighted by Crippen LogP contribution is 2.32. The van der Waals surface area contributed by atoms with Crippen LogP contribution in [0.15, 0.2) is 4.99 Å². The molecule has 0 radical (unpaired) electrons. The first kappa shape index (κ1) is 11.4. The first-order valence-corrected chi connectivity index (χ1v) is 5.31. The van der Waals surface area contributed by atoms with Crippen LogP contribution in [0, 0.1) is 0 Å². The van der Waals surface area contributed by atoms with Crippen LogP contribution >= 0.6 is 0 Å². The maximum Gasteiger partial charge on any atom is 0.160 e. The second-order valence-electron chi connectivity index (χ2n) is 4.07. The van der Waals surface area contributed by atoms with Gasteiger partial charge in [-0.15, -0.1) is 0 Å². The fraction of sp³-hybridized carbons (Fsp3) is 0.818. The first-order chi connectivity index (χ1) is 6.70. The number of carbonyl (C=O) groups is 1. The quantitative estimate of drug-likeness (QED) is 0.510. The molecule has 0 aliphatic heterocycles. The van der Waals surface area contributed by atoms with Gasteiger partial charge in [0.15, 0.2) is 6.29 Å². The van der Waals surface area contributed by atoms with Gasteiger partial charge in [0, 0.05) is 6.61 Å². The SMILES string of the molecule is CCO[C@H]1CC[C@](C)(N=CC=O)CC1. The molecule has 14 heavy (non-hydrogen) atoms. The van der Waals surface area contributed by atoms with E-state index in [1.165, 1.54) is 6.21 Å². The molecule has 0 amide bonds. The third kappa shape index (κ3) is 3.22. The summed E-state index contributed by atoms with van der Waals surface area (Å²) in [7, 11) is 0. The third-order valence-corrected chi connectivity index (χ3v) is 2.86. The van der Waals surface area contributed by atoms with E-state index in [0.29, 0.717) is 6.10 Å². The molecule has 0 heterocycles. The molecule has 0 atom stereocenters. The zero-order chi connectivity index (χ0) is 10.4. The van der Waals surface area contributed by atoms with Gasteiger partial charge in [0.05, 0.1) is 17.9 Å². The summed E-state index contributed by atoms with van der Waals surface area (Å²) < 4.78 is 5.56. The molecule has 0 aromatic heterocycles. The average molecular weight is 197 g/mol. The van der Waals surface area contributed by atoms with Crippen molar-refractivity contribution < 1.29 is 9.53 Å². The highest BCUT2D eigenvalue weighted by Gasteiger charge is 2.30. The number of rotatable bonds is 4. The van der Waals surface area contributed by atoms with Crippen LogP contribution in [0.25, 0.3) is 0 Å². The Morgan fingerprint density at radius 3 is 2.64 bits per heavy atom. The van der Waals surface area contributed by atoms with Crippen molar-refractivity contribution in [2.75, 3.05) is 6.61 Å². The molecule has 1 fully saturated rings. The summed E-state index contributed by atoms with van der Waals surface area (Å²) >= 11 is 0. The van der Waals surface area contributed by atoms with E-state index in [1.54, 1.807) is 0 Å². The first-order valence-electron chi connectivity index (χ1n) is 5.31. The molecule has 1 saturated carbocycles. The van der Waals surface area contributed by atoms with Crippen LogP contribution in [0.3, 0.4) is 0 Å². The molecule has 0 aromatic carbocycles. The van der Waals surface area contributed by atoms with Gasteiger partial charge in [-0.3, -0.25) is 9.79 Å². The lowest BCUT2D eigenvalue weighted by Gasteiger charge is -2.33. The minimum atomic E-state index is -0.0332. The molecule has 1 aliphatic rings. The van der Waals surface area contributed by atoms with Gasteiger partial charge in [0.25, 0.3) is 0 Å². The van der Waals surface area contributed by atoms with Crippen LogP contribution in [-0.2, 0) is 9.53 Å². The molecular formula is C11H19NO2. The van der Waals surface area contributed by atoms with Crippen LogP contribution < -0.4 is 0 Å². The smallest absolute Gasteiger partial charge is 0.160 e. The van der Waals surface area contributed by atoms with E-state index in [0.717, 1.165) is 38.6 Å². The highest BCUT2D eigenvalue weighted by atomic mass is 16.5. The summed E-state index contributed by atoms with van der Waals surface area (Å²) in [5, 5.41) is 0. The average Bonchev–Trinajstić information content (AvgIpc) is 2.20. The molecule has 1 rings (SSSR count). The fourth-order valence-corrected chi connectivity index (χ4v) is 1.96. The zero-order valence-electron chi connectivity index (χ0n) is 9.03. The van der Waals surface area contributed by atoms with Crippen molar-refractivity contribution in [1.29, 1.82) is 0 Å². The van der Waals surface area contributed by atoms with Gasteiger partial charge in [-0.1, -0.05) is 0 Å². The Hall–Kier alpha value is -0.700. The molecule has 3 heteroatoms. The summed E-state index contributed by atoms with van der Waals surface area (Å²) in [6.07, 6.45) is 6.67. The van der Waals surface area contributed by atoms with E-state index in [4.69, 9.17) is 4.74 Å². The number of aliphatic imine (C=N–C) groups is 1. The minimum absolute atomic E-state index is 0.0332. The van der Waals surface area contributed by atoms with Crippen molar-refractivity contribution in [1.82, 2.24) is 0 Å². The van der Waals surface area contributed by atoms with Crippen LogP contribution in [0.4, 0.5) is 0 Å². The summed E-state index contributed by atoms with van der Waals surface area (Å²) in [5.41, 5.74) is -0.0332. The molecule has 0 aromatic rings. The lowest BCUT2D eigenvalue weighted by Crippen LogP contribution is -2.32. The minimum Gasteiger partial charge on any atom is -0.379 e. The van der Waals surface area contributed by atoms with Gasteiger partial charge in [0.2, 0.25) is 0 Å². The molecule has 0 saturated heterocycles. The summed E-state index contributed by atoms with van der Waals surface area (Å²) in [6, 6.07) is 0. The molecule has 0 unspecified atom stereocenters. The van der Waals surface area contributed by atoms with Crippen molar-refractivity contribution in [3.8, 4) is 0 Å². The lowest BCUT2D eigenvalue weighted by molar-refractivity contribution is -0.102. The molecule has 0 N–H and O–H groups in total. The molecule has 80 valence electrons. The molecule has 1 aliphatic carbocycles. The summed E-state index contributed by atoms with van der Waals surface area (Å²) in [5.74, 6) is 0. The second kappa shape index (κ2) is 5.25. The van der Waals surface area contributed by atoms with E-state index in [9.17, 15) is 4.79 Å². The van der Waals surface area contributed by atoms with E-state index < -0.39 is 0 Å². The Balaban J connectivity index is 2.40. The third-order valence-electron chi connectivity index (χ3n) is 2.86. The standard InChI is InChI=1S/C11H19NO2/c1-3-14-10-4-6-11(2,7-5-10)12-8-9-13/h8-10H,3-7H2,1-2H3/t10-,11-. The van der Waals surface area contributed by atoms with Gasteiger partial charge in [-0.2, -0.15) is 0 Å². The van der Waals surface area contributed by atoms with Crippen molar-refractivity contribution in [2.24, 2.45) is 4.99 Å².